The molecule has 0 saturated carbocycles. The number of amides is 1. The molecule has 0 aliphatic rings. The summed E-state index contributed by atoms with van der Waals surface area (Å²) in [7, 11) is 4.08. The zero-order chi connectivity index (χ0) is 20.1. The Hall–Kier alpha value is -2.02. The highest BCUT2D eigenvalue weighted by molar-refractivity contribution is 9.10. The number of carbonyl (C=O) groups excluding carboxylic acids is 1. The maximum absolute atomic E-state index is 13.2. The van der Waals surface area contributed by atoms with Crippen molar-refractivity contribution in [3.63, 3.8) is 0 Å². The van der Waals surface area contributed by atoms with Crippen molar-refractivity contribution in [2.75, 3.05) is 32.1 Å². The molecule has 1 amide bonds. The fraction of sp³-hybridized carbons (Fsp3) is 0.273. The summed E-state index contributed by atoms with van der Waals surface area (Å²) in [6.07, 6.45) is 0.884. The number of thiazole rings is 1. The van der Waals surface area contributed by atoms with Gasteiger partial charge in [0, 0.05) is 27.5 Å². The number of hydrogen-bond acceptors (Lipinski definition) is 4. The van der Waals surface area contributed by atoms with Gasteiger partial charge in [-0.05, 0) is 58.3 Å². The minimum Gasteiger partial charge on any atom is -0.309 e. The van der Waals surface area contributed by atoms with Gasteiger partial charge in [-0.15, -0.1) is 11.3 Å². The molecule has 0 saturated heterocycles. The quantitative estimate of drug-likeness (QED) is 0.471. The third-order valence-electron chi connectivity index (χ3n) is 4.39. The average molecular weight is 458 g/mol. The lowest BCUT2D eigenvalue weighted by atomic mass is 10.1. The van der Waals surface area contributed by atoms with Gasteiger partial charge in [-0.1, -0.05) is 45.8 Å². The van der Waals surface area contributed by atoms with Gasteiger partial charge in [0.15, 0.2) is 5.13 Å². The molecule has 0 aliphatic heterocycles. The Morgan fingerprint density at radius 2 is 1.71 bits per heavy atom. The Morgan fingerprint density at radius 1 is 1.04 bits per heavy atom. The number of aryl methyl sites for hydroxylation is 1. The van der Waals surface area contributed by atoms with E-state index in [0.717, 1.165) is 33.8 Å². The van der Waals surface area contributed by atoms with Crippen LogP contribution in [-0.4, -0.2) is 43.0 Å². The van der Waals surface area contributed by atoms with Gasteiger partial charge in [-0.2, -0.15) is 0 Å². The summed E-state index contributed by atoms with van der Waals surface area (Å²) in [4.78, 5) is 21.9. The Bertz CT molecular complexity index is 920. The Balaban J connectivity index is 1.86. The summed E-state index contributed by atoms with van der Waals surface area (Å²) in [5.41, 5.74) is 3.86. The molecule has 0 N–H and O–H groups in total. The summed E-state index contributed by atoms with van der Waals surface area (Å²) in [6, 6.07) is 15.8. The van der Waals surface area contributed by atoms with E-state index in [1.54, 1.807) is 4.90 Å². The zero-order valence-electron chi connectivity index (χ0n) is 16.4. The molecule has 3 rings (SSSR count). The van der Waals surface area contributed by atoms with Crippen LogP contribution >= 0.6 is 27.3 Å². The normalized spacial score (nSPS) is 11.0. The van der Waals surface area contributed by atoms with E-state index < -0.39 is 0 Å². The van der Waals surface area contributed by atoms with Crippen molar-refractivity contribution in [3.8, 4) is 11.3 Å². The van der Waals surface area contributed by atoms with E-state index in [9.17, 15) is 4.79 Å². The lowest BCUT2D eigenvalue weighted by molar-refractivity contribution is 0.0986. The van der Waals surface area contributed by atoms with Crippen molar-refractivity contribution in [3.05, 3.63) is 69.5 Å². The second-order valence-electron chi connectivity index (χ2n) is 7.00. The molecule has 1 heterocycles. The molecule has 0 spiro atoms. The third kappa shape index (κ3) is 5.28. The first-order valence-corrected chi connectivity index (χ1v) is 10.9. The minimum absolute atomic E-state index is 0.0175. The fourth-order valence-corrected chi connectivity index (χ4v) is 3.95. The van der Waals surface area contributed by atoms with Gasteiger partial charge < -0.3 is 4.90 Å². The van der Waals surface area contributed by atoms with Crippen molar-refractivity contribution in [2.45, 2.75) is 13.3 Å². The van der Waals surface area contributed by atoms with E-state index in [1.807, 2.05) is 43.7 Å². The maximum Gasteiger partial charge on any atom is 0.260 e. The topological polar surface area (TPSA) is 36.4 Å². The summed E-state index contributed by atoms with van der Waals surface area (Å²) in [5.74, 6) is -0.0175. The number of carbonyl (C=O) groups is 1. The number of hydrogen-bond donors (Lipinski definition) is 0. The molecule has 4 nitrogen and oxygen atoms in total. The van der Waals surface area contributed by atoms with E-state index in [1.165, 1.54) is 16.9 Å². The van der Waals surface area contributed by atoms with Crippen LogP contribution in [0.1, 0.15) is 22.3 Å². The van der Waals surface area contributed by atoms with Gasteiger partial charge in [0.05, 0.1) is 5.69 Å². The van der Waals surface area contributed by atoms with Crippen LogP contribution in [0.25, 0.3) is 11.3 Å². The molecule has 0 atom stereocenters. The van der Waals surface area contributed by atoms with Crippen molar-refractivity contribution in [2.24, 2.45) is 0 Å². The predicted octanol–water partition coefficient (Wildman–Crippen LogP) is 5.48. The number of rotatable bonds is 7. The second kappa shape index (κ2) is 9.45. The molecule has 6 heteroatoms. The molecular formula is C22H24BrN3OS. The smallest absolute Gasteiger partial charge is 0.260 e. The lowest BCUT2D eigenvalue weighted by Gasteiger charge is -2.21. The van der Waals surface area contributed by atoms with Crippen LogP contribution in [0.3, 0.4) is 0 Å². The fourth-order valence-electron chi connectivity index (χ4n) is 2.82. The highest BCUT2D eigenvalue weighted by Crippen LogP contribution is 2.29. The Morgan fingerprint density at radius 3 is 2.36 bits per heavy atom. The second-order valence-corrected chi connectivity index (χ2v) is 8.75. The molecule has 0 aliphatic carbocycles. The van der Waals surface area contributed by atoms with Crippen LogP contribution in [0.4, 0.5) is 5.13 Å². The number of nitrogens with zero attached hydrogens (tertiary/aromatic N) is 3. The lowest BCUT2D eigenvalue weighted by Crippen LogP contribution is -2.33. The molecule has 0 bridgehead atoms. The Kier molecular flexibility index (Phi) is 6.99. The SMILES string of the molecule is Cc1ccc(-c2csc(N(CCCN(C)C)C(=O)c3ccc(Br)cc3)n2)cc1. The molecule has 1 aromatic heterocycles. The van der Waals surface area contributed by atoms with Crippen molar-refractivity contribution in [1.29, 1.82) is 0 Å². The van der Waals surface area contributed by atoms with Crippen molar-refractivity contribution < 1.29 is 4.79 Å². The van der Waals surface area contributed by atoms with E-state index in [-0.39, 0.29) is 5.91 Å². The first-order chi connectivity index (χ1) is 13.4. The first kappa shape index (κ1) is 20.7. The molecule has 0 unspecified atom stereocenters. The van der Waals surface area contributed by atoms with E-state index in [0.29, 0.717) is 12.1 Å². The minimum atomic E-state index is -0.0175. The highest BCUT2D eigenvalue weighted by Gasteiger charge is 2.21. The van der Waals surface area contributed by atoms with E-state index >= 15 is 0 Å². The van der Waals surface area contributed by atoms with E-state index in [4.69, 9.17) is 4.98 Å². The zero-order valence-corrected chi connectivity index (χ0v) is 18.8. The molecular weight excluding hydrogens is 434 g/mol. The van der Waals surface area contributed by atoms with Crippen LogP contribution in [0.2, 0.25) is 0 Å². The van der Waals surface area contributed by atoms with Gasteiger partial charge in [0.25, 0.3) is 5.91 Å². The summed E-state index contributed by atoms with van der Waals surface area (Å²) < 4.78 is 0.958. The molecule has 0 fully saturated rings. The average Bonchev–Trinajstić information content (AvgIpc) is 3.15. The molecule has 146 valence electrons. The molecule has 28 heavy (non-hydrogen) atoms. The molecule has 0 radical (unpaired) electrons. The van der Waals surface area contributed by atoms with Crippen LogP contribution < -0.4 is 4.90 Å². The predicted molar refractivity (Wildman–Crippen MR) is 121 cm³/mol. The first-order valence-electron chi connectivity index (χ1n) is 9.19. The van der Waals surface area contributed by atoms with Gasteiger partial charge >= 0.3 is 0 Å². The van der Waals surface area contributed by atoms with Gasteiger partial charge in [-0.3, -0.25) is 9.69 Å². The van der Waals surface area contributed by atoms with Gasteiger partial charge in [0.1, 0.15) is 0 Å². The van der Waals surface area contributed by atoms with E-state index in [2.05, 4.69) is 52.0 Å². The summed E-state index contributed by atoms with van der Waals surface area (Å²) >= 11 is 4.94. The number of aromatic nitrogens is 1. The molecule has 2 aromatic carbocycles. The van der Waals surface area contributed by atoms with Gasteiger partial charge in [-0.25, -0.2) is 4.98 Å². The maximum atomic E-state index is 13.2. The monoisotopic (exact) mass is 457 g/mol. The molecule has 3 aromatic rings. The number of benzene rings is 2. The van der Waals surface area contributed by atoms with Crippen molar-refractivity contribution in [1.82, 2.24) is 9.88 Å². The largest absolute Gasteiger partial charge is 0.309 e. The van der Waals surface area contributed by atoms with Crippen LogP contribution in [0, 0.1) is 6.92 Å². The Labute approximate surface area is 179 Å². The number of anilines is 1. The van der Waals surface area contributed by atoms with Crippen LogP contribution in [-0.2, 0) is 0 Å². The standard InChI is InChI=1S/C22H24BrN3OS/c1-16-5-7-17(8-6-16)20-15-28-22(24-20)26(14-4-13-25(2)3)21(27)18-9-11-19(23)12-10-18/h5-12,15H,4,13-14H2,1-3H3. The van der Waals surface area contributed by atoms with Crippen molar-refractivity contribution >= 4 is 38.3 Å². The van der Waals surface area contributed by atoms with Crippen LogP contribution in [0.5, 0.6) is 0 Å². The van der Waals surface area contributed by atoms with Gasteiger partial charge in [0.2, 0.25) is 0 Å². The summed E-state index contributed by atoms with van der Waals surface area (Å²) in [6.45, 7) is 3.62. The van der Waals surface area contributed by atoms with Crippen LogP contribution in [0.15, 0.2) is 58.4 Å². The third-order valence-corrected chi connectivity index (χ3v) is 5.79. The highest BCUT2D eigenvalue weighted by atomic mass is 79.9. The number of halogens is 1. The summed E-state index contributed by atoms with van der Waals surface area (Å²) in [5, 5.41) is 2.76.